The number of carbonyl (C=O) groups is 1. The van der Waals surface area contributed by atoms with Gasteiger partial charge in [0.05, 0.1) is 0 Å². The predicted octanol–water partition coefficient (Wildman–Crippen LogP) is 0.259. The van der Waals surface area contributed by atoms with Crippen LogP contribution in [0.2, 0.25) is 0 Å². The summed E-state index contributed by atoms with van der Waals surface area (Å²) in [6.45, 7) is 2.04. The molecule has 0 aromatic rings. The van der Waals surface area contributed by atoms with Crippen molar-refractivity contribution in [3.05, 3.63) is 0 Å². The molecule has 70 valence electrons. The zero-order valence-electron chi connectivity index (χ0n) is 7.97. The molecule has 3 heteroatoms. The molecule has 3 nitrogen and oxygen atoms in total. The number of carbonyl (C=O) groups excluding carboxylic acids is 1. The molecule has 1 unspecified atom stereocenters. The van der Waals surface area contributed by atoms with E-state index in [1.54, 1.807) is 0 Å². The molecule has 1 rings (SSSR count). The highest BCUT2D eigenvalue weighted by molar-refractivity contribution is 5.81. The van der Waals surface area contributed by atoms with Gasteiger partial charge in [0.1, 0.15) is 5.78 Å². The van der Waals surface area contributed by atoms with E-state index in [0.717, 1.165) is 32.4 Å². The maximum atomic E-state index is 11.0. The Labute approximate surface area is 74.1 Å². The normalized spacial score (nSPS) is 23.9. The first-order valence-corrected chi connectivity index (χ1v) is 4.60. The molecule has 1 fully saturated rings. The van der Waals surface area contributed by atoms with Crippen molar-refractivity contribution in [1.29, 1.82) is 0 Å². The quantitative estimate of drug-likeness (QED) is 0.657. The summed E-state index contributed by atoms with van der Waals surface area (Å²) < 4.78 is 0. The monoisotopic (exact) mass is 170 g/mol. The van der Waals surface area contributed by atoms with Crippen LogP contribution in [0.25, 0.3) is 0 Å². The third-order valence-corrected chi connectivity index (χ3v) is 2.56. The van der Waals surface area contributed by atoms with Crippen molar-refractivity contribution in [3.8, 4) is 0 Å². The molecule has 1 N–H and O–H groups in total. The fourth-order valence-corrected chi connectivity index (χ4v) is 1.64. The average Bonchev–Trinajstić information content (AvgIpc) is 2.47. The van der Waals surface area contributed by atoms with Gasteiger partial charge < -0.3 is 10.2 Å². The fraction of sp³-hybridized carbons (Fsp3) is 0.889. The van der Waals surface area contributed by atoms with Gasteiger partial charge in [-0.05, 0) is 20.5 Å². The van der Waals surface area contributed by atoms with Crippen LogP contribution in [0.3, 0.4) is 0 Å². The lowest BCUT2D eigenvalue weighted by Gasteiger charge is -2.22. The lowest BCUT2D eigenvalue weighted by Crippen LogP contribution is -2.34. The van der Waals surface area contributed by atoms with Gasteiger partial charge in [0.15, 0.2) is 0 Å². The average molecular weight is 170 g/mol. The molecule has 0 amide bonds. The van der Waals surface area contributed by atoms with Crippen molar-refractivity contribution in [1.82, 2.24) is 10.2 Å². The van der Waals surface area contributed by atoms with Crippen LogP contribution in [-0.4, -0.2) is 43.9 Å². The summed E-state index contributed by atoms with van der Waals surface area (Å²) in [5.74, 6) is 0.427. The maximum Gasteiger partial charge on any atom is 0.134 e. The van der Waals surface area contributed by atoms with E-state index >= 15 is 0 Å². The predicted molar refractivity (Wildman–Crippen MR) is 49.2 cm³/mol. The van der Waals surface area contributed by atoms with E-state index in [1.165, 1.54) is 0 Å². The van der Waals surface area contributed by atoms with Crippen molar-refractivity contribution < 1.29 is 4.79 Å². The van der Waals surface area contributed by atoms with E-state index < -0.39 is 0 Å². The molecular weight excluding hydrogens is 152 g/mol. The molecular formula is C9H18N2O. The third-order valence-electron chi connectivity index (χ3n) is 2.56. The first kappa shape index (κ1) is 9.68. The Bertz CT molecular complexity index is 159. The van der Waals surface area contributed by atoms with Gasteiger partial charge in [-0.1, -0.05) is 0 Å². The number of nitrogens with zero attached hydrogens (tertiary/aromatic N) is 1. The van der Waals surface area contributed by atoms with Crippen molar-refractivity contribution in [3.63, 3.8) is 0 Å². The van der Waals surface area contributed by atoms with Gasteiger partial charge in [-0.15, -0.1) is 0 Å². The summed E-state index contributed by atoms with van der Waals surface area (Å²) >= 11 is 0. The molecule has 0 radical (unpaired) electrons. The molecule has 0 aliphatic heterocycles. The van der Waals surface area contributed by atoms with Gasteiger partial charge >= 0.3 is 0 Å². The largest absolute Gasteiger partial charge is 0.318 e. The van der Waals surface area contributed by atoms with E-state index in [4.69, 9.17) is 0 Å². The second kappa shape index (κ2) is 4.58. The van der Waals surface area contributed by atoms with Crippen LogP contribution >= 0.6 is 0 Å². The molecule has 1 aliphatic carbocycles. The Hall–Kier alpha value is -0.410. The van der Waals surface area contributed by atoms with E-state index in [0.29, 0.717) is 11.8 Å². The van der Waals surface area contributed by atoms with E-state index in [9.17, 15) is 4.79 Å². The second-order valence-electron chi connectivity index (χ2n) is 3.52. The Morgan fingerprint density at radius 2 is 2.42 bits per heavy atom. The molecule has 0 heterocycles. The van der Waals surface area contributed by atoms with E-state index in [2.05, 4.69) is 17.3 Å². The molecule has 1 saturated carbocycles. The number of ketones is 1. The minimum absolute atomic E-state index is 0.427. The number of hydrogen-bond donors (Lipinski definition) is 1. The zero-order valence-corrected chi connectivity index (χ0v) is 7.97. The van der Waals surface area contributed by atoms with Gasteiger partial charge in [0.25, 0.3) is 0 Å². The van der Waals surface area contributed by atoms with Gasteiger partial charge in [-0.3, -0.25) is 4.79 Å². The van der Waals surface area contributed by atoms with E-state index in [1.807, 2.05) is 7.05 Å². The SMILES string of the molecule is CNCCN(C)C1CCC(=O)C1. The van der Waals surface area contributed by atoms with Gasteiger partial charge in [0.2, 0.25) is 0 Å². The number of hydrogen-bond acceptors (Lipinski definition) is 3. The topological polar surface area (TPSA) is 32.3 Å². The first-order chi connectivity index (χ1) is 5.74. The lowest BCUT2D eigenvalue weighted by molar-refractivity contribution is -0.117. The molecule has 1 atom stereocenters. The molecule has 0 saturated heterocycles. The minimum Gasteiger partial charge on any atom is -0.318 e. The van der Waals surface area contributed by atoms with Crippen LogP contribution in [0, 0.1) is 0 Å². The number of rotatable bonds is 4. The standard InChI is InChI=1S/C9H18N2O/c1-10-5-6-11(2)8-3-4-9(12)7-8/h8,10H,3-7H2,1-2H3. The van der Waals surface area contributed by atoms with Crippen molar-refractivity contribution in [2.75, 3.05) is 27.2 Å². The second-order valence-corrected chi connectivity index (χ2v) is 3.52. The summed E-state index contributed by atoms with van der Waals surface area (Å²) in [6.07, 6.45) is 2.60. The van der Waals surface area contributed by atoms with Gasteiger partial charge in [-0.2, -0.15) is 0 Å². The van der Waals surface area contributed by atoms with Crippen molar-refractivity contribution in [2.24, 2.45) is 0 Å². The van der Waals surface area contributed by atoms with Crippen LogP contribution in [-0.2, 0) is 4.79 Å². The lowest BCUT2D eigenvalue weighted by atomic mass is 10.2. The van der Waals surface area contributed by atoms with Crippen LogP contribution < -0.4 is 5.32 Å². The van der Waals surface area contributed by atoms with Crippen molar-refractivity contribution >= 4 is 5.78 Å². The van der Waals surface area contributed by atoms with Gasteiger partial charge in [0, 0.05) is 32.0 Å². The fourth-order valence-electron chi connectivity index (χ4n) is 1.64. The number of likely N-dealkylation sites (N-methyl/N-ethyl adjacent to an activating group) is 2. The molecule has 0 spiro atoms. The summed E-state index contributed by atoms with van der Waals surface area (Å²) in [5.41, 5.74) is 0. The molecule has 0 aromatic carbocycles. The third kappa shape index (κ3) is 2.57. The van der Waals surface area contributed by atoms with Gasteiger partial charge in [-0.25, -0.2) is 0 Å². The molecule has 12 heavy (non-hydrogen) atoms. The smallest absolute Gasteiger partial charge is 0.134 e. The highest BCUT2D eigenvalue weighted by Gasteiger charge is 2.24. The highest BCUT2D eigenvalue weighted by Crippen LogP contribution is 2.18. The molecule has 0 aromatic heterocycles. The Balaban J connectivity index is 2.23. The first-order valence-electron chi connectivity index (χ1n) is 4.60. The van der Waals surface area contributed by atoms with Crippen LogP contribution in [0.4, 0.5) is 0 Å². The highest BCUT2D eigenvalue weighted by atomic mass is 16.1. The maximum absolute atomic E-state index is 11.0. The number of nitrogens with one attached hydrogen (secondary N) is 1. The Morgan fingerprint density at radius 3 is 2.92 bits per heavy atom. The minimum atomic E-state index is 0.427. The van der Waals surface area contributed by atoms with Crippen LogP contribution in [0.15, 0.2) is 0 Å². The van der Waals surface area contributed by atoms with Crippen LogP contribution in [0.5, 0.6) is 0 Å². The van der Waals surface area contributed by atoms with Crippen LogP contribution in [0.1, 0.15) is 19.3 Å². The number of Topliss-reactive ketones (excluding diaryl/α,β-unsaturated/α-hetero) is 1. The van der Waals surface area contributed by atoms with Crippen molar-refractivity contribution in [2.45, 2.75) is 25.3 Å². The zero-order chi connectivity index (χ0) is 8.97. The summed E-state index contributed by atoms with van der Waals surface area (Å²) in [6, 6.07) is 0.505. The Kier molecular flexibility index (Phi) is 3.69. The summed E-state index contributed by atoms with van der Waals surface area (Å²) in [7, 11) is 4.05. The summed E-state index contributed by atoms with van der Waals surface area (Å²) in [4.78, 5) is 13.3. The summed E-state index contributed by atoms with van der Waals surface area (Å²) in [5, 5.41) is 3.11. The molecule has 0 bridgehead atoms. The van der Waals surface area contributed by atoms with E-state index in [-0.39, 0.29) is 0 Å². The molecule has 1 aliphatic rings. The Morgan fingerprint density at radius 1 is 1.67 bits per heavy atom.